The highest BCUT2D eigenvalue weighted by atomic mass is 32.1. The van der Waals surface area contributed by atoms with Crippen LogP contribution in [0.2, 0.25) is 0 Å². The molecule has 2 atom stereocenters. The lowest BCUT2D eigenvalue weighted by molar-refractivity contribution is -0.0503. The molecule has 2 aliphatic heterocycles. The van der Waals surface area contributed by atoms with Crippen molar-refractivity contribution in [3.8, 4) is 0 Å². The first-order valence-electron chi connectivity index (χ1n) is 8.03. The molecule has 2 aliphatic rings. The molecule has 2 fully saturated rings. The van der Waals surface area contributed by atoms with Crippen molar-refractivity contribution in [2.75, 3.05) is 26.2 Å². The summed E-state index contributed by atoms with van der Waals surface area (Å²) < 4.78 is 5.94. The van der Waals surface area contributed by atoms with E-state index in [1.807, 2.05) is 28.5 Å². The lowest BCUT2D eigenvalue weighted by Crippen LogP contribution is -2.50. The quantitative estimate of drug-likeness (QED) is 0.868. The molecule has 5 heteroatoms. The second-order valence-corrected chi connectivity index (χ2v) is 7.07. The van der Waals surface area contributed by atoms with Gasteiger partial charge in [-0.1, -0.05) is 36.4 Å². The van der Waals surface area contributed by atoms with Crippen molar-refractivity contribution in [2.24, 2.45) is 0 Å². The largest absolute Gasteiger partial charge is 0.373 e. The van der Waals surface area contributed by atoms with E-state index < -0.39 is 0 Å². The summed E-state index contributed by atoms with van der Waals surface area (Å²) in [6, 6.07) is 14.7. The molecule has 2 unspecified atom stereocenters. The first-order chi connectivity index (χ1) is 11.3. The normalized spacial score (nSPS) is 24.6. The number of benzene rings is 1. The van der Waals surface area contributed by atoms with Crippen molar-refractivity contribution in [3.05, 3.63) is 58.3 Å². The van der Waals surface area contributed by atoms with Crippen molar-refractivity contribution >= 4 is 17.2 Å². The second-order valence-electron chi connectivity index (χ2n) is 6.12. The topological polar surface area (TPSA) is 32.8 Å². The van der Waals surface area contributed by atoms with Gasteiger partial charge in [0.15, 0.2) is 0 Å². The average Bonchev–Trinajstić information content (AvgIpc) is 3.25. The fourth-order valence-corrected chi connectivity index (χ4v) is 4.19. The lowest BCUT2D eigenvalue weighted by Gasteiger charge is -2.36. The molecule has 23 heavy (non-hydrogen) atoms. The molecule has 2 saturated heterocycles. The third-order valence-corrected chi connectivity index (χ3v) is 5.52. The third-order valence-electron chi connectivity index (χ3n) is 4.66. The Morgan fingerprint density at radius 3 is 2.83 bits per heavy atom. The fraction of sp³-hybridized carbons (Fsp3) is 0.389. The first kappa shape index (κ1) is 14.9. The first-order valence-corrected chi connectivity index (χ1v) is 8.91. The molecule has 0 aliphatic carbocycles. The van der Waals surface area contributed by atoms with Crippen molar-refractivity contribution in [1.82, 2.24) is 9.80 Å². The fourth-order valence-electron chi connectivity index (χ4n) is 3.49. The van der Waals surface area contributed by atoms with Crippen molar-refractivity contribution in [2.45, 2.75) is 18.7 Å². The van der Waals surface area contributed by atoms with Gasteiger partial charge in [-0.15, -0.1) is 11.3 Å². The maximum absolute atomic E-state index is 12.6. The maximum Gasteiger partial charge on any atom is 0.264 e. The molecular formula is C18H20N2O2S. The van der Waals surface area contributed by atoms with E-state index in [0.717, 1.165) is 31.1 Å². The molecule has 4 nitrogen and oxygen atoms in total. The van der Waals surface area contributed by atoms with E-state index in [-0.39, 0.29) is 12.0 Å². The van der Waals surface area contributed by atoms with Gasteiger partial charge in [0, 0.05) is 26.2 Å². The Morgan fingerprint density at radius 1 is 1.17 bits per heavy atom. The second kappa shape index (κ2) is 6.43. The van der Waals surface area contributed by atoms with Crippen LogP contribution in [-0.4, -0.2) is 54.1 Å². The zero-order valence-electron chi connectivity index (χ0n) is 12.9. The zero-order valence-corrected chi connectivity index (χ0v) is 13.7. The predicted molar refractivity (Wildman–Crippen MR) is 90.6 cm³/mol. The summed E-state index contributed by atoms with van der Waals surface area (Å²) in [4.78, 5) is 17.8. The minimum atomic E-state index is 0.136. The van der Waals surface area contributed by atoms with Crippen molar-refractivity contribution < 1.29 is 9.53 Å². The van der Waals surface area contributed by atoms with Gasteiger partial charge in [0.1, 0.15) is 0 Å². The Hall–Kier alpha value is -1.69. The van der Waals surface area contributed by atoms with E-state index in [1.165, 1.54) is 16.9 Å². The summed E-state index contributed by atoms with van der Waals surface area (Å²) in [6.45, 7) is 4.06. The van der Waals surface area contributed by atoms with E-state index in [1.54, 1.807) is 0 Å². The number of likely N-dealkylation sites (tertiary alicyclic amines) is 1. The van der Waals surface area contributed by atoms with Crippen LogP contribution in [0.25, 0.3) is 0 Å². The van der Waals surface area contributed by atoms with Gasteiger partial charge in [-0.3, -0.25) is 9.69 Å². The summed E-state index contributed by atoms with van der Waals surface area (Å²) >= 11 is 1.51. The van der Waals surface area contributed by atoms with Gasteiger partial charge < -0.3 is 9.64 Å². The molecule has 2 aromatic rings. The molecule has 0 radical (unpaired) electrons. The number of carbonyl (C=O) groups excluding carboxylic acids is 1. The highest BCUT2D eigenvalue weighted by molar-refractivity contribution is 7.12. The number of morpholine rings is 1. The molecular weight excluding hydrogens is 308 g/mol. The number of nitrogens with zero attached hydrogens (tertiary/aromatic N) is 2. The molecule has 120 valence electrons. The summed E-state index contributed by atoms with van der Waals surface area (Å²) in [5.74, 6) is 0.137. The number of hydrogen-bond acceptors (Lipinski definition) is 4. The van der Waals surface area contributed by atoms with E-state index in [2.05, 4.69) is 29.2 Å². The maximum atomic E-state index is 12.6. The van der Waals surface area contributed by atoms with Gasteiger partial charge in [-0.25, -0.2) is 0 Å². The molecule has 0 bridgehead atoms. The number of amides is 1. The lowest BCUT2D eigenvalue weighted by atomic mass is 10.1. The van der Waals surface area contributed by atoms with Gasteiger partial charge in [0.05, 0.1) is 23.6 Å². The van der Waals surface area contributed by atoms with Crippen LogP contribution in [0.5, 0.6) is 0 Å². The molecule has 3 heterocycles. The van der Waals surface area contributed by atoms with Crippen molar-refractivity contribution in [3.63, 3.8) is 0 Å². The number of fused-ring (bicyclic) bond motifs is 1. The Bertz CT molecular complexity index is 659. The predicted octanol–water partition coefficient (Wildman–Crippen LogP) is 2.47. The Kier molecular flexibility index (Phi) is 4.16. The summed E-state index contributed by atoms with van der Waals surface area (Å²) in [5.41, 5.74) is 1.32. The van der Waals surface area contributed by atoms with E-state index in [9.17, 15) is 4.79 Å². The number of hydrogen-bond donors (Lipinski definition) is 0. The van der Waals surface area contributed by atoms with Crippen LogP contribution in [0.1, 0.15) is 15.2 Å². The van der Waals surface area contributed by atoms with Crippen LogP contribution in [0.3, 0.4) is 0 Å². The highest BCUT2D eigenvalue weighted by Crippen LogP contribution is 2.26. The van der Waals surface area contributed by atoms with Gasteiger partial charge in [-0.05, 0) is 17.0 Å². The van der Waals surface area contributed by atoms with Crippen LogP contribution in [0, 0.1) is 0 Å². The Labute approximate surface area is 140 Å². The van der Waals surface area contributed by atoms with Gasteiger partial charge >= 0.3 is 0 Å². The number of thiophene rings is 1. The monoisotopic (exact) mass is 328 g/mol. The molecule has 4 rings (SSSR count). The summed E-state index contributed by atoms with van der Waals surface area (Å²) in [6.07, 6.45) is 0.136. The van der Waals surface area contributed by atoms with Crippen LogP contribution in [-0.2, 0) is 11.3 Å². The van der Waals surface area contributed by atoms with Gasteiger partial charge in [-0.2, -0.15) is 0 Å². The Morgan fingerprint density at radius 2 is 2.04 bits per heavy atom. The minimum Gasteiger partial charge on any atom is -0.373 e. The Balaban J connectivity index is 1.47. The molecule has 1 aromatic carbocycles. The molecule has 1 aromatic heterocycles. The molecule has 0 N–H and O–H groups in total. The molecule has 1 amide bonds. The SMILES string of the molecule is O=C(c1cccs1)N1CC2OCCN(Cc3ccccc3)C2C1. The van der Waals surface area contributed by atoms with E-state index in [4.69, 9.17) is 4.74 Å². The third kappa shape index (κ3) is 3.04. The smallest absolute Gasteiger partial charge is 0.264 e. The van der Waals surface area contributed by atoms with Crippen LogP contribution >= 0.6 is 11.3 Å². The van der Waals surface area contributed by atoms with Crippen LogP contribution in [0.4, 0.5) is 0 Å². The number of rotatable bonds is 3. The molecule has 0 spiro atoms. The average molecular weight is 328 g/mol. The molecule has 0 saturated carbocycles. The van der Waals surface area contributed by atoms with Crippen LogP contribution in [0.15, 0.2) is 47.8 Å². The minimum absolute atomic E-state index is 0.136. The zero-order chi connectivity index (χ0) is 15.6. The van der Waals surface area contributed by atoms with Gasteiger partial charge in [0.25, 0.3) is 5.91 Å². The van der Waals surface area contributed by atoms with E-state index >= 15 is 0 Å². The van der Waals surface area contributed by atoms with Gasteiger partial charge in [0.2, 0.25) is 0 Å². The highest BCUT2D eigenvalue weighted by Gasteiger charge is 2.41. The number of carbonyl (C=O) groups is 1. The van der Waals surface area contributed by atoms with E-state index in [0.29, 0.717) is 12.6 Å². The summed E-state index contributed by atoms with van der Waals surface area (Å²) in [5, 5.41) is 1.95. The number of ether oxygens (including phenoxy) is 1. The standard InChI is InChI=1S/C18H20N2O2S/c21-18(17-7-4-10-23-17)20-12-15-16(13-20)22-9-8-19(15)11-14-5-2-1-3-6-14/h1-7,10,15-16H,8-9,11-13H2. The van der Waals surface area contributed by atoms with Crippen molar-refractivity contribution in [1.29, 1.82) is 0 Å². The summed E-state index contributed by atoms with van der Waals surface area (Å²) in [7, 11) is 0. The van der Waals surface area contributed by atoms with Crippen LogP contribution < -0.4 is 0 Å².